The molecule has 0 saturated carbocycles. The van der Waals surface area contributed by atoms with Crippen molar-refractivity contribution in [3.05, 3.63) is 58.9 Å². The minimum atomic E-state index is -0.433. The number of hydrogen-bond acceptors (Lipinski definition) is 3. The van der Waals surface area contributed by atoms with E-state index >= 15 is 0 Å². The molecule has 2 rings (SSSR count). The minimum absolute atomic E-state index is 0.194. The van der Waals surface area contributed by atoms with Crippen molar-refractivity contribution in [1.82, 2.24) is 0 Å². The van der Waals surface area contributed by atoms with Gasteiger partial charge in [0.25, 0.3) is 5.91 Å². The van der Waals surface area contributed by atoms with Gasteiger partial charge in [-0.3, -0.25) is 9.59 Å². The topological polar surface area (TPSA) is 84.2 Å². The normalized spacial score (nSPS) is 10.2. The molecule has 0 aliphatic carbocycles. The summed E-state index contributed by atoms with van der Waals surface area (Å²) in [6, 6.07) is 9.83. The standard InChI is InChI=1S/C16H15ClFN3O2/c17-13-6-5-12(20-15(22)7-8-19)9-14(13)21-16(23)10-1-3-11(18)4-2-10/h1-6,9H,7-8,19H2,(H,20,22)(H,21,23). The molecular weight excluding hydrogens is 321 g/mol. The molecular formula is C16H15ClFN3O2. The van der Waals surface area contributed by atoms with Crippen LogP contribution in [0.25, 0.3) is 0 Å². The van der Waals surface area contributed by atoms with E-state index in [1.807, 2.05) is 0 Å². The van der Waals surface area contributed by atoms with Crippen molar-refractivity contribution in [2.75, 3.05) is 17.2 Å². The van der Waals surface area contributed by atoms with Crippen LogP contribution in [0.4, 0.5) is 15.8 Å². The summed E-state index contributed by atoms with van der Waals surface area (Å²) in [5, 5.41) is 5.59. The SMILES string of the molecule is NCCC(=O)Nc1ccc(Cl)c(NC(=O)c2ccc(F)cc2)c1. The highest BCUT2D eigenvalue weighted by Crippen LogP contribution is 2.26. The number of carbonyl (C=O) groups excluding carboxylic acids is 2. The molecule has 0 radical (unpaired) electrons. The van der Waals surface area contributed by atoms with Crippen molar-refractivity contribution < 1.29 is 14.0 Å². The third kappa shape index (κ3) is 4.77. The molecule has 0 heterocycles. The number of hydrogen-bond donors (Lipinski definition) is 3. The van der Waals surface area contributed by atoms with E-state index in [0.29, 0.717) is 22.0 Å². The largest absolute Gasteiger partial charge is 0.330 e. The predicted molar refractivity (Wildman–Crippen MR) is 88.1 cm³/mol. The van der Waals surface area contributed by atoms with Crippen molar-refractivity contribution in [3.63, 3.8) is 0 Å². The molecule has 0 aliphatic rings. The lowest BCUT2D eigenvalue weighted by Crippen LogP contribution is -2.16. The van der Waals surface area contributed by atoms with Gasteiger partial charge in [0.05, 0.1) is 10.7 Å². The maximum atomic E-state index is 12.9. The molecule has 4 N–H and O–H groups in total. The van der Waals surface area contributed by atoms with Gasteiger partial charge in [0.2, 0.25) is 5.91 Å². The van der Waals surface area contributed by atoms with E-state index in [2.05, 4.69) is 10.6 Å². The first-order chi connectivity index (χ1) is 11.0. The number of nitrogens with one attached hydrogen (secondary N) is 2. The summed E-state index contributed by atoms with van der Waals surface area (Å²) in [4.78, 5) is 23.7. The Labute approximate surface area is 137 Å². The molecule has 0 bridgehead atoms. The first-order valence-electron chi connectivity index (χ1n) is 6.86. The second kappa shape index (κ2) is 7.71. The van der Waals surface area contributed by atoms with Gasteiger partial charge in [-0.15, -0.1) is 0 Å². The van der Waals surface area contributed by atoms with E-state index in [0.717, 1.165) is 0 Å². The predicted octanol–water partition coefficient (Wildman–Crippen LogP) is 3.02. The van der Waals surface area contributed by atoms with Gasteiger partial charge in [-0.2, -0.15) is 0 Å². The van der Waals surface area contributed by atoms with Gasteiger partial charge in [-0.1, -0.05) is 11.6 Å². The van der Waals surface area contributed by atoms with Crippen LogP contribution in [0.3, 0.4) is 0 Å². The van der Waals surface area contributed by atoms with Crippen LogP contribution in [0.15, 0.2) is 42.5 Å². The monoisotopic (exact) mass is 335 g/mol. The average molecular weight is 336 g/mol. The van der Waals surface area contributed by atoms with Gasteiger partial charge in [0.1, 0.15) is 5.82 Å². The summed E-state index contributed by atoms with van der Waals surface area (Å²) >= 11 is 6.04. The van der Waals surface area contributed by atoms with Crippen molar-refractivity contribution >= 4 is 34.8 Å². The number of rotatable bonds is 5. The summed E-state index contributed by atoms with van der Waals surface area (Å²) in [6.45, 7) is 0.244. The Balaban J connectivity index is 2.13. The Morgan fingerprint density at radius 1 is 1.09 bits per heavy atom. The zero-order valence-corrected chi connectivity index (χ0v) is 12.9. The molecule has 0 aromatic heterocycles. The first kappa shape index (κ1) is 16.9. The molecule has 120 valence electrons. The maximum absolute atomic E-state index is 12.9. The van der Waals surface area contributed by atoms with Gasteiger partial charge in [0, 0.05) is 24.2 Å². The Morgan fingerprint density at radius 3 is 2.43 bits per heavy atom. The maximum Gasteiger partial charge on any atom is 0.255 e. The molecule has 0 unspecified atom stereocenters. The zero-order chi connectivity index (χ0) is 16.8. The number of benzene rings is 2. The van der Waals surface area contributed by atoms with Crippen LogP contribution >= 0.6 is 11.6 Å². The minimum Gasteiger partial charge on any atom is -0.330 e. The summed E-state index contributed by atoms with van der Waals surface area (Å²) in [5.41, 5.74) is 6.43. The number of amides is 2. The third-order valence-electron chi connectivity index (χ3n) is 2.98. The molecule has 23 heavy (non-hydrogen) atoms. The number of anilines is 2. The molecule has 0 spiro atoms. The van der Waals surface area contributed by atoms with Gasteiger partial charge >= 0.3 is 0 Å². The van der Waals surface area contributed by atoms with Crippen molar-refractivity contribution in [1.29, 1.82) is 0 Å². The highest BCUT2D eigenvalue weighted by Gasteiger charge is 2.10. The lowest BCUT2D eigenvalue weighted by Gasteiger charge is -2.10. The smallest absolute Gasteiger partial charge is 0.255 e. The van der Waals surface area contributed by atoms with E-state index in [-0.39, 0.29) is 18.9 Å². The lowest BCUT2D eigenvalue weighted by atomic mass is 10.2. The number of nitrogens with two attached hydrogens (primary N) is 1. The summed E-state index contributed by atoms with van der Waals surface area (Å²) in [7, 11) is 0. The first-order valence-corrected chi connectivity index (χ1v) is 7.24. The lowest BCUT2D eigenvalue weighted by molar-refractivity contribution is -0.116. The van der Waals surface area contributed by atoms with Crippen LogP contribution < -0.4 is 16.4 Å². The van der Waals surface area contributed by atoms with Gasteiger partial charge in [-0.05, 0) is 42.5 Å². The highest BCUT2D eigenvalue weighted by molar-refractivity contribution is 6.34. The molecule has 2 amide bonds. The van der Waals surface area contributed by atoms with Gasteiger partial charge in [-0.25, -0.2) is 4.39 Å². The summed E-state index contributed by atoms with van der Waals surface area (Å²) in [5.74, 6) is -1.09. The van der Waals surface area contributed by atoms with Crippen molar-refractivity contribution in [3.8, 4) is 0 Å². The van der Waals surface area contributed by atoms with Crippen LogP contribution in [0, 0.1) is 5.82 Å². The second-order valence-corrected chi connectivity index (χ2v) is 5.15. The summed E-state index contributed by atoms with van der Waals surface area (Å²) in [6.07, 6.45) is 0.194. The molecule has 0 saturated heterocycles. The fraction of sp³-hybridized carbons (Fsp3) is 0.125. The van der Waals surface area contributed by atoms with E-state index in [4.69, 9.17) is 17.3 Å². The molecule has 0 aliphatic heterocycles. The highest BCUT2D eigenvalue weighted by atomic mass is 35.5. The van der Waals surface area contributed by atoms with Gasteiger partial charge < -0.3 is 16.4 Å². The fourth-order valence-corrected chi connectivity index (χ4v) is 2.01. The molecule has 2 aromatic carbocycles. The Hall–Kier alpha value is -2.44. The Morgan fingerprint density at radius 2 is 1.78 bits per heavy atom. The van der Waals surface area contributed by atoms with Gasteiger partial charge in [0.15, 0.2) is 0 Å². The Kier molecular flexibility index (Phi) is 5.67. The number of carbonyl (C=O) groups is 2. The van der Waals surface area contributed by atoms with E-state index in [9.17, 15) is 14.0 Å². The number of halogens is 2. The molecule has 7 heteroatoms. The van der Waals surface area contributed by atoms with Crippen LogP contribution in [-0.4, -0.2) is 18.4 Å². The molecule has 5 nitrogen and oxygen atoms in total. The van der Waals surface area contributed by atoms with Crippen LogP contribution in [0.1, 0.15) is 16.8 Å². The van der Waals surface area contributed by atoms with Crippen LogP contribution in [-0.2, 0) is 4.79 Å². The van der Waals surface area contributed by atoms with E-state index in [1.165, 1.54) is 30.3 Å². The molecule has 2 aromatic rings. The van der Waals surface area contributed by atoms with Crippen molar-refractivity contribution in [2.45, 2.75) is 6.42 Å². The zero-order valence-electron chi connectivity index (χ0n) is 12.1. The molecule has 0 atom stereocenters. The Bertz CT molecular complexity index is 720. The average Bonchev–Trinajstić information content (AvgIpc) is 2.51. The fourth-order valence-electron chi connectivity index (χ4n) is 1.85. The third-order valence-corrected chi connectivity index (χ3v) is 3.31. The van der Waals surface area contributed by atoms with E-state index in [1.54, 1.807) is 12.1 Å². The molecule has 0 fully saturated rings. The van der Waals surface area contributed by atoms with Crippen LogP contribution in [0.2, 0.25) is 5.02 Å². The summed E-state index contributed by atoms with van der Waals surface area (Å²) < 4.78 is 12.9. The van der Waals surface area contributed by atoms with Crippen LogP contribution in [0.5, 0.6) is 0 Å². The van der Waals surface area contributed by atoms with Crippen molar-refractivity contribution in [2.24, 2.45) is 5.73 Å². The quantitative estimate of drug-likeness (QED) is 0.785. The second-order valence-electron chi connectivity index (χ2n) is 4.74. The van der Waals surface area contributed by atoms with E-state index < -0.39 is 11.7 Å².